The van der Waals surface area contributed by atoms with Crippen molar-refractivity contribution in [2.45, 2.75) is 16.8 Å². The fourth-order valence-electron chi connectivity index (χ4n) is 2.18. The number of benzene rings is 1. The Bertz CT molecular complexity index is 625. The van der Waals surface area contributed by atoms with E-state index in [4.69, 9.17) is 4.74 Å². The third-order valence-corrected chi connectivity index (χ3v) is 4.44. The summed E-state index contributed by atoms with van der Waals surface area (Å²) in [7, 11) is 3.48. The molecule has 0 aliphatic carbocycles. The molecule has 19 heavy (non-hydrogen) atoms. The Morgan fingerprint density at radius 1 is 1.53 bits per heavy atom. The summed E-state index contributed by atoms with van der Waals surface area (Å²) >= 11 is 1.50. The zero-order valence-electron chi connectivity index (χ0n) is 10.8. The van der Waals surface area contributed by atoms with Crippen LogP contribution in [0.1, 0.15) is 6.42 Å². The van der Waals surface area contributed by atoms with Gasteiger partial charge in [-0.1, -0.05) is 11.8 Å². The molecule has 1 unspecified atom stereocenters. The van der Waals surface area contributed by atoms with Gasteiger partial charge < -0.3 is 14.6 Å². The predicted octanol–water partition coefficient (Wildman–Crippen LogP) is 1.89. The molecule has 6 heteroatoms. The van der Waals surface area contributed by atoms with Gasteiger partial charge in [-0.15, -0.1) is 0 Å². The number of aromatic amines is 1. The molecule has 2 aromatic rings. The van der Waals surface area contributed by atoms with Crippen molar-refractivity contribution in [3.8, 4) is 5.75 Å². The standard InChI is InChI=1S/C13H15N3O2S/c1-16-6-5-11(12(16)17)19-13-14-9-4-3-8(18-2)7-10(9)15-13/h3-4,7,11H,5-6H2,1-2H3,(H,14,15). The fraction of sp³-hybridized carbons (Fsp3) is 0.385. The summed E-state index contributed by atoms with van der Waals surface area (Å²) in [6.07, 6.45) is 0.875. The van der Waals surface area contributed by atoms with Gasteiger partial charge >= 0.3 is 0 Å². The van der Waals surface area contributed by atoms with Gasteiger partial charge in [-0.2, -0.15) is 0 Å². The lowest BCUT2D eigenvalue weighted by Crippen LogP contribution is -2.23. The predicted molar refractivity (Wildman–Crippen MR) is 74.5 cm³/mol. The zero-order valence-corrected chi connectivity index (χ0v) is 11.7. The van der Waals surface area contributed by atoms with Crippen molar-refractivity contribution in [2.24, 2.45) is 0 Å². The highest BCUT2D eigenvalue weighted by Gasteiger charge is 2.30. The first kappa shape index (κ1) is 12.3. The molecule has 1 aliphatic heterocycles. The van der Waals surface area contributed by atoms with E-state index in [1.807, 2.05) is 25.2 Å². The second-order valence-corrected chi connectivity index (χ2v) is 5.77. The van der Waals surface area contributed by atoms with Gasteiger partial charge in [0.1, 0.15) is 5.75 Å². The fourth-order valence-corrected chi connectivity index (χ4v) is 3.28. The smallest absolute Gasteiger partial charge is 0.235 e. The highest BCUT2D eigenvalue weighted by molar-refractivity contribution is 8.00. The van der Waals surface area contributed by atoms with Crippen molar-refractivity contribution in [3.05, 3.63) is 18.2 Å². The summed E-state index contributed by atoms with van der Waals surface area (Å²) in [6, 6.07) is 5.71. The number of ether oxygens (including phenoxy) is 1. The molecule has 1 N–H and O–H groups in total. The Hall–Kier alpha value is -1.69. The Labute approximate surface area is 115 Å². The van der Waals surface area contributed by atoms with Crippen molar-refractivity contribution in [2.75, 3.05) is 20.7 Å². The molecular formula is C13H15N3O2S. The van der Waals surface area contributed by atoms with Crippen LogP contribution in [0.2, 0.25) is 0 Å². The Morgan fingerprint density at radius 3 is 3.05 bits per heavy atom. The van der Waals surface area contributed by atoms with E-state index in [1.54, 1.807) is 12.0 Å². The first-order valence-electron chi connectivity index (χ1n) is 6.13. The molecule has 100 valence electrons. The average molecular weight is 277 g/mol. The first-order chi connectivity index (χ1) is 9.17. The van der Waals surface area contributed by atoms with Crippen molar-refractivity contribution in [1.29, 1.82) is 0 Å². The summed E-state index contributed by atoms with van der Waals surface area (Å²) < 4.78 is 5.18. The van der Waals surface area contributed by atoms with Crippen LogP contribution in [-0.4, -0.2) is 46.7 Å². The summed E-state index contributed by atoms with van der Waals surface area (Å²) in [6.45, 7) is 0.824. The maximum atomic E-state index is 11.9. The molecule has 0 saturated carbocycles. The van der Waals surface area contributed by atoms with E-state index < -0.39 is 0 Å². The van der Waals surface area contributed by atoms with Crippen LogP contribution >= 0.6 is 11.8 Å². The van der Waals surface area contributed by atoms with Gasteiger partial charge in [0.15, 0.2) is 5.16 Å². The lowest BCUT2D eigenvalue weighted by molar-refractivity contribution is -0.126. The van der Waals surface area contributed by atoms with Crippen molar-refractivity contribution in [1.82, 2.24) is 14.9 Å². The van der Waals surface area contributed by atoms with Crippen molar-refractivity contribution >= 4 is 28.7 Å². The third kappa shape index (κ3) is 2.28. The number of fused-ring (bicyclic) bond motifs is 1. The molecule has 1 atom stereocenters. The van der Waals surface area contributed by atoms with Crippen LogP contribution < -0.4 is 4.74 Å². The summed E-state index contributed by atoms with van der Waals surface area (Å²) in [5.74, 6) is 0.979. The Balaban J connectivity index is 1.84. The number of nitrogens with one attached hydrogen (secondary N) is 1. The quantitative estimate of drug-likeness (QED) is 0.931. The van der Waals surface area contributed by atoms with Gasteiger partial charge in [0.2, 0.25) is 5.91 Å². The van der Waals surface area contributed by atoms with E-state index in [1.165, 1.54) is 11.8 Å². The van der Waals surface area contributed by atoms with Crippen LogP contribution in [0.5, 0.6) is 5.75 Å². The van der Waals surface area contributed by atoms with E-state index in [0.717, 1.165) is 34.9 Å². The highest BCUT2D eigenvalue weighted by Crippen LogP contribution is 2.30. The minimum absolute atomic E-state index is 0.0209. The molecule has 1 fully saturated rings. The van der Waals surface area contributed by atoms with Gasteiger partial charge in [0.05, 0.1) is 23.4 Å². The highest BCUT2D eigenvalue weighted by atomic mass is 32.2. The Morgan fingerprint density at radius 2 is 2.37 bits per heavy atom. The molecule has 1 saturated heterocycles. The molecule has 0 spiro atoms. The number of likely N-dealkylation sites (tertiary alicyclic amines) is 1. The minimum Gasteiger partial charge on any atom is -0.497 e. The third-order valence-electron chi connectivity index (χ3n) is 3.30. The van der Waals surface area contributed by atoms with E-state index in [9.17, 15) is 4.79 Å². The number of imidazole rings is 1. The number of nitrogens with zero attached hydrogens (tertiary/aromatic N) is 2. The van der Waals surface area contributed by atoms with E-state index >= 15 is 0 Å². The van der Waals surface area contributed by atoms with Gasteiger partial charge in [-0.25, -0.2) is 4.98 Å². The molecule has 2 heterocycles. The lowest BCUT2D eigenvalue weighted by atomic mass is 10.3. The molecule has 0 radical (unpaired) electrons. The SMILES string of the molecule is COc1ccc2nc(SC3CCN(C)C3=O)[nH]c2c1. The number of aromatic nitrogens is 2. The van der Waals surface area contributed by atoms with Crippen molar-refractivity contribution in [3.63, 3.8) is 0 Å². The molecule has 5 nitrogen and oxygen atoms in total. The van der Waals surface area contributed by atoms with E-state index in [0.29, 0.717) is 0 Å². The van der Waals surface area contributed by atoms with Crippen LogP contribution in [0.15, 0.2) is 23.4 Å². The zero-order chi connectivity index (χ0) is 13.4. The topological polar surface area (TPSA) is 58.2 Å². The van der Waals surface area contributed by atoms with E-state index in [2.05, 4.69) is 9.97 Å². The number of H-pyrrole nitrogens is 1. The summed E-state index contributed by atoms with van der Waals surface area (Å²) in [5, 5.41) is 0.768. The monoisotopic (exact) mass is 277 g/mol. The van der Waals surface area contributed by atoms with Crippen LogP contribution in [0, 0.1) is 0 Å². The molecule has 1 aliphatic rings. The number of rotatable bonds is 3. The molecule has 0 bridgehead atoms. The number of hydrogen-bond donors (Lipinski definition) is 1. The van der Waals surface area contributed by atoms with Gasteiger partial charge in [0, 0.05) is 19.7 Å². The van der Waals surface area contributed by atoms with E-state index in [-0.39, 0.29) is 11.2 Å². The van der Waals surface area contributed by atoms with Crippen LogP contribution in [0.4, 0.5) is 0 Å². The number of amides is 1. The van der Waals surface area contributed by atoms with Crippen LogP contribution in [-0.2, 0) is 4.79 Å². The molecular weight excluding hydrogens is 262 g/mol. The maximum absolute atomic E-state index is 11.9. The molecule has 1 amide bonds. The first-order valence-corrected chi connectivity index (χ1v) is 7.01. The van der Waals surface area contributed by atoms with Crippen LogP contribution in [0.25, 0.3) is 11.0 Å². The largest absolute Gasteiger partial charge is 0.497 e. The summed E-state index contributed by atoms with van der Waals surface area (Å²) in [5.41, 5.74) is 1.82. The van der Waals surface area contributed by atoms with Gasteiger partial charge in [-0.05, 0) is 18.6 Å². The molecule has 3 rings (SSSR count). The van der Waals surface area contributed by atoms with Gasteiger partial charge in [0.25, 0.3) is 0 Å². The van der Waals surface area contributed by atoms with Crippen LogP contribution in [0.3, 0.4) is 0 Å². The number of hydrogen-bond acceptors (Lipinski definition) is 4. The van der Waals surface area contributed by atoms with Crippen molar-refractivity contribution < 1.29 is 9.53 Å². The summed E-state index contributed by atoms with van der Waals surface area (Å²) in [4.78, 5) is 21.4. The Kier molecular flexibility index (Phi) is 3.10. The number of thioether (sulfide) groups is 1. The normalized spacial score (nSPS) is 19.4. The lowest BCUT2D eigenvalue weighted by Gasteiger charge is -2.07. The molecule has 1 aromatic heterocycles. The second kappa shape index (κ2) is 4.77. The number of carbonyl (C=O) groups excluding carboxylic acids is 1. The maximum Gasteiger partial charge on any atom is 0.235 e. The molecule has 1 aromatic carbocycles. The number of methoxy groups -OCH3 is 1. The number of carbonyl (C=O) groups is 1. The van der Waals surface area contributed by atoms with Gasteiger partial charge in [-0.3, -0.25) is 4.79 Å². The average Bonchev–Trinajstić information content (AvgIpc) is 2.95. The second-order valence-electron chi connectivity index (χ2n) is 4.58. The minimum atomic E-state index is -0.0209.